The number of hydrogen-bond donors (Lipinski definition) is 0. The van der Waals surface area contributed by atoms with Crippen molar-refractivity contribution in [2.24, 2.45) is 5.92 Å². The molecule has 1 aromatic carbocycles. The smallest absolute Gasteiger partial charge is 0.344 e. The van der Waals surface area contributed by atoms with Crippen LogP contribution in [0.15, 0.2) is 45.8 Å². The lowest BCUT2D eigenvalue weighted by Gasteiger charge is -2.08. The molecule has 1 heterocycles. The topological polar surface area (TPSA) is 75.0 Å². The third-order valence-electron chi connectivity index (χ3n) is 3.35. The molecule has 0 saturated carbocycles. The maximum atomic E-state index is 11.9. The Hall–Kier alpha value is -2.47. The lowest BCUT2D eigenvalue weighted by atomic mass is 10.1. The fraction of sp³-hybridized carbons (Fsp3) is 0.368. The van der Waals surface area contributed by atoms with E-state index in [1.54, 1.807) is 24.3 Å². The summed E-state index contributed by atoms with van der Waals surface area (Å²) < 4.78 is 20.9. The first-order valence-corrected chi connectivity index (χ1v) is 8.60. The maximum Gasteiger partial charge on any atom is 0.344 e. The van der Waals surface area contributed by atoms with Gasteiger partial charge in [-0.3, -0.25) is 4.79 Å². The van der Waals surface area contributed by atoms with Gasteiger partial charge in [-0.1, -0.05) is 25.4 Å². The molecule has 1 aromatic heterocycles. The maximum absolute atomic E-state index is 11.9. The normalized spacial score (nSPS) is 10.6. The number of esters is 1. The van der Waals surface area contributed by atoms with E-state index in [0.717, 1.165) is 6.42 Å². The van der Waals surface area contributed by atoms with Gasteiger partial charge in [0.15, 0.2) is 6.61 Å². The largest absolute Gasteiger partial charge is 0.487 e. The second-order valence-corrected chi connectivity index (χ2v) is 6.45. The van der Waals surface area contributed by atoms with Crippen molar-refractivity contribution < 1.29 is 23.4 Å². The van der Waals surface area contributed by atoms with E-state index in [0.29, 0.717) is 23.3 Å². The Kier molecular flexibility index (Phi) is 7.53. The van der Waals surface area contributed by atoms with Crippen molar-refractivity contribution >= 4 is 17.6 Å². The van der Waals surface area contributed by atoms with E-state index in [-0.39, 0.29) is 30.2 Å². The predicted molar refractivity (Wildman–Crippen MR) is 96.7 cm³/mol. The number of benzene rings is 1. The summed E-state index contributed by atoms with van der Waals surface area (Å²) in [6.07, 6.45) is 2.07. The lowest BCUT2D eigenvalue weighted by Crippen LogP contribution is -2.15. The van der Waals surface area contributed by atoms with Gasteiger partial charge in [-0.05, 0) is 36.6 Å². The van der Waals surface area contributed by atoms with E-state index in [9.17, 15) is 9.59 Å². The quantitative estimate of drug-likeness (QED) is 0.615. The van der Waals surface area contributed by atoms with Crippen LogP contribution in [0.5, 0.6) is 11.5 Å². The van der Waals surface area contributed by atoms with Crippen LogP contribution in [0.25, 0.3) is 0 Å². The van der Waals surface area contributed by atoms with Gasteiger partial charge in [-0.25, -0.2) is 4.79 Å². The van der Waals surface area contributed by atoms with E-state index >= 15 is 0 Å². The minimum absolute atomic E-state index is 0.145. The Labute approximate surface area is 156 Å². The summed E-state index contributed by atoms with van der Waals surface area (Å²) in [4.78, 5) is 23.6. The number of carbonyl (C=O) groups is 1. The van der Waals surface area contributed by atoms with Crippen molar-refractivity contribution in [3.05, 3.63) is 57.6 Å². The molecule has 0 aliphatic rings. The van der Waals surface area contributed by atoms with Crippen molar-refractivity contribution in [1.82, 2.24) is 0 Å². The van der Waals surface area contributed by atoms with Gasteiger partial charge in [0.1, 0.15) is 24.4 Å². The van der Waals surface area contributed by atoms with Crippen molar-refractivity contribution in [3.8, 4) is 11.5 Å². The highest BCUT2D eigenvalue weighted by Gasteiger charge is 2.09. The number of ether oxygens (including phenoxy) is 3. The Bertz CT molecular complexity index is 766. The Morgan fingerprint density at radius 3 is 2.58 bits per heavy atom. The number of rotatable bonds is 9. The predicted octanol–water partition coefficient (Wildman–Crippen LogP) is 3.84. The zero-order chi connectivity index (χ0) is 18.9. The van der Waals surface area contributed by atoms with Gasteiger partial charge in [0.05, 0.1) is 6.61 Å². The molecule has 2 aromatic rings. The Balaban J connectivity index is 1.77. The van der Waals surface area contributed by atoms with Crippen LogP contribution in [0.4, 0.5) is 0 Å². The van der Waals surface area contributed by atoms with Gasteiger partial charge in [-0.15, -0.1) is 0 Å². The molecule has 26 heavy (non-hydrogen) atoms. The van der Waals surface area contributed by atoms with E-state index in [1.165, 1.54) is 12.3 Å². The van der Waals surface area contributed by atoms with Crippen LogP contribution in [0.3, 0.4) is 0 Å². The molecule has 0 atom stereocenters. The van der Waals surface area contributed by atoms with E-state index in [1.807, 2.05) is 0 Å². The highest BCUT2D eigenvalue weighted by molar-refractivity contribution is 6.30. The van der Waals surface area contributed by atoms with Gasteiger partial charge in [-0.2, -0.15) is 0 Å². The summed E-state index contributed by atoms with van der Waals surface area (Å²) in [6.45, 7) is 4.16. The molecule has 7 heteroatoms. The molecule has 0 unspecified atom stereocenters. The van der Waals surface area contributed by atoms with Crippen molar-refractivity contribution in [1.29, 1.82) is 0 Å². The molecule has 0 aliphatic carbocycles. The molecular weight excluding hydrogens is 360 g/mol. The molecule has 6 nitrogen and oxygen atoms in total. The highest BCUT2D eigenvalue weighted by Crippen LogP contribution is 2.15. The van der Waals surface area contributed by atoms with Crippen LogP contribution in [0.1, 0.15) is 26.0 Å². The van der Waals surface area contributed by atoms with Gasteiger partial charge < -0.3 is 18.6 Å². The minimum Gasteiger partial charge on any atom is -0.487 e. The molecule has 2 rings (SSSR count). The molecule has 0 aliphatic heterocycles. The van der Waals surface area contributed by atoms with Crippen LogP contribution in [0.2, 0.25) is 5.02 Å². The number of halogens is 1. The van der Waals surface area contributed by atoms with E-state index in [2.05, 4.69) is 13.8 Å². The van der Waals surface area contributed by atoms with Crippen LogP contribution >= 0.6 is 11.6 Å². The monoisotopic (exact) mass is 380 g/mol. The third kappa shape index (κ3) is 6.80. The standard InChI is InChI=1S/C19H21ClO6/c1-13(2)7-8-23-18-11-24-16(9-17(18)21)10-26-19(22)12-25-15-5-3-14(20)4-6-15/h3-6,9,11,13H,7-8,10,12H2,1-2H3. The molecule has 0 fully saturated rings. The van der Waals surface area contributed by atoms with E-state index in [4.69, 9.17) is 30.2 Å². The molecule has 0 radical (unpaired) electrons. The molecule has 0 N–H and O–H groups in total. The minimum atomic E-state index is -0.583. The zero-order valence-electron chi connectivity index (χ0n) is 14.7. The Morgan fingerprint density at radius 1 is 1.19 bits per heavy atom. The summed E-state index contributed by atoms with van der Waals surface area (Å²) in [5.74, 6) is 0.773. The summed E-state index contributed by atoms with van der Waals surface area (Å²) >= 11 is 5.77. The van der Waals surface area contributed by atoms with Crippen molar-refractivity contribution in [2.75, 3.05) is 13.2 Å². The summed E-state index contributed by atoms with van der Waals surface area (Å²) in [5.41, 5.74) is -0.316. The van der Waals surface area contributed by atoms with Crippen LogP contribution < -0.4 is 14.9 Å². The van der Waals surface area contributed by atoms with Crippen LogP contribution in [-0.4, -0.2) is 19.2 Å². The first kappa shape index (κ1) is 19.8. The average Bonchev–Trinajstić information content (AvgIpc) is 2.61. The highest BCUT2D eigenvalue weighted by atomic mass is 35.5. The second kappa shape index (κ2) is 9.87. The van der Waals surface area contributed by atoms with Crippen LogP contribution in [-0.2, 0) is 16.1 Å². The fourth-order valence-electron chi connectivity index (χ4n) is 1.89. The first-order valence-electron chi connectivity index (χ1n) is 8.22. The fourth-order valence-corrected chi connectivity index (χ4v) is 2.02. The molecular formula is C19H21ClO6. The molecule has 0 bridgehead atoms. The second-order valence-electron chi connectivity index (χ2n) is 6.01. The van der Waals surface area contributed by atoms with Gasteiger partial charge >= 0.3 is 5.97 Å². The average molecular weight is 381 g/mol. The zero-order valence-corrected chi connectivity index (χ0v) is 15.5. The number of carbonyl (C=O) groups excluding carboxylic acids is 1. The molecule has 0 saturated heterocycles. The Morgan fingerprint density at radius 2 is 1.92 bits per heavy atom. The number of hydrogen-bond acceptors (Lipinski definition) is 6. The van der Waals surface area contributed by atoms with Crippen molar-refractivity contribution in [3.63, 3.8) is 0 Å². The molecule has 0 spiro atoms. The molecule has 140 valence electrons. The SMILES string of the molecule is CC(C)CCOc1coc(COC(=O)COc2ccc(Cl)cc2)cc1=O. The van der Waals surface area contributed by atoms with Crippen LogP contribution in [0, 0.1) is 5.92 Å². The van der Waals surface area contributed by atoms with Gasteiger partial charge in [0.25, 0.3) is 0 Å². The van der Waals surface area contributed by atoms with E-state index < -0.39 is 5.97 Å². The van der Waals surface area contributed by atoms with Gasteiger partial charge in [0.2, 0.25) is 11.2 Å². The third-order valence-corrected chi connectivity index (χ3v) is 3.60. The van der Waals surface area contributed by atoms with Gasteiger partial charge in [0, 0.05) is 11.1 Å². The summed E-state index contributed by atoms with van der Waals surface area (Å²) in [7, 11) is 0. The van der Waals surface area contributed by atoms with Crippen molar-refractivity contribution in [2.45, 2.75) is 26.9 Å². The molecule has 0 amide bonds. The first-order chi connectivity index (χ1) is 12.4. The lowest BCUT2D eigenvalue weighted by molar-refractivity contribution is -0.147. The summed E-state index contributed by atoms with van der Waals surface area (Å²) in [5, 5.41) is 0.576. The summed E-state index contributed by atoms with van der Waals surface area (Å²) in [6, 6.07) is 7.85.